The number of fused-ring (bicyclic) bond motifs is 3. The van der Waals surface area contributed by atoms with Crippen LogP contribution < -0.4 is 5.46 Å². The molecule has 0 unspecified atom stereocenters. The van der Waals surface area contributed by atoms with E-state index in [2.05, 4.69) is 121 Å². The fourth-order valence-electron chi connectivity index (χ4n) is 6.57. The van der Waals surface area contributed by atoms with Crippen molar-refractivity contribution in [3.8, 4) is 0 Å². The summed E-state index contributed by atoms with van der Waals surface area (Å²) in [6.45, 7) is 13.2. The highest BCUT2D eigenvalue weighted by Gasteiger charge is 2.51. The Bertz CT molecular complexity index is 1520. The standard InChI is InChI=1S/C36H53BO2.C5H3Br2N/c1-7-9-11-13-15-17-21-30-29-23-19-20-24-31(29)33-26-25-28(37-38-35(3,4)36(5,6)39-37)27-34(33)32(30)22-18-16-14-12-10-8-2;6-4-1-2-5(7)8-3-4/h19-20,23-27H,7-18,21-22H2,1-6H3;1-3H. The highest BCUT2D eigenvalue weighted by Crippen LogP contribution is 2.38. The lowest BCUT2D eigenvalue weighted by Gasteiger charge is -2.32. The maximum Gasteiger partial charge on any atom is 0.494 e. The molecule has 1 aliphatic rings. The Hall–Kier alpha value is -1.73. The van der Waals surface area contributed by atoms with Crippen LogP contribution in [0.15, 0.2) is 69.9 Å². The Labute approximate surface area is 302 Å². The average Bonchev–Trinajstić information content (AvgIpc) is 3.28. The van der Waals surface area contributed by atoms with E-state index in [0.717, 1.165) is 21.0 Å². The molecule has 0 N–H and O–H groups in total. The molecule has 0 bridgehead atoms. The Morgan fingerprint density at radius 3 is 1.64 bits per heavy atom. The number of pyridine rings is 1. The van der Waals surface area contributed by atoms with E-state index in [4.69, 9.17) is 9.31 Å². The van der Waals surface area contributed by atoms with Crippen molar-refractivity contribution >= 4 is 66.0 Å². The van der Waals surface area contributed by atoms with E-state index in [1.165, 1.54) is 105 Å². The zero-order valence-corrected chi connectivity index (χ0v) is 32.9. The average molecular weight is 766 g/mol. The number of halogens is 2. The molecule has 1 aliphatic heterocycles. The number of unbranched alkanes of at least 4 members (excludes halogenated alkanes) is 10. The molecule has 3 aromatic carbocycles. The molecule has 6 heteroatoms. The normalized spacial score (nSPS) is 15.3. The van der Waals surface area contributed by atoms with Crippen LogP contribution in [0.1, 0.15) is 130 Å². The van der Waals surface area contributed by atoms with Gasteiger partial charge in [0.2, 0.25) is 0 Å². The molecule has 0 radical (unpaired) electrons. The number of hydrogen-bond acceptors (Lipinski definition) is 3. The summed E-state index contributed by atoms with van der Waals surface area (Å²) in [4.78, 5) is 3.95. The van der Waals surface area contributed by atoms with Gasteiger partial charge in [-0.2, -0.15) is 0 Å². The van der Waals surface area contributed by atoms with Crippen molar-refractivity contribution in [2.45, 2.75) is 143 Å². The van der Waals surface area contributed by atoms with Crippen molar-refractivity contribution in [2.75, 3.05) is 0 Å². The first-order valence-electron chi connectivity index (χ1n) is 18.2. The first kappa shape index (κ1) is 38.1. The molecule has 3 nitrogen and oxygen atoms in total. The second-order valence-corrected chi connectivity index (χ2v) is 16.0. The number of rotatable bonds is 15. The lowest BCUT2D eigenvalue weighted by molar-refractivity contribution is 0.00578. The van der Waals surface area contributed by atoms with Gasteiger partial charge in [-0.05, 0) is 136 Å². The van der Waals surface area contributed by atoms with Gasteiger partial charge in [0, 0.05) is 10.7 Å². The number of aryl methyl sites for hydroxylation is 2. The number of nitrogens with zero attached hydrogens (tertiary/aromatic N) is 1. The van der Waals surface area contributed by atoms with Gasteiger partial charge in [-0.3, -0.25) is 0 Å². The topological polar surface area (TPSA) is 31.4 Å². The fraction of sp³-hybridized carbons (Fsp3) is 0.537. The minimum Gasteiger partial charge on any atom is -0.399 e. The van der Waals surface area contributed by atoms with Crippen LogP contribution in [0.5, 0.6) is 0 Å². The van der Waals surface area contributed by atoms with E-state index in [0.29, 0.717) is 0 Å². The van der Waals surface area contributed by atoms with Crippen molar-refractivity contribution in [1.29, 1.82) is 0 Å². The maximum atomic E-state index is 6.48. The van der Waals surface area contributed by atoms with Crippen LogP contribution in [0.2, 0.25) is 0 Å². The van der Waals surface area contributed by atoms with Gasteiger partial charge in [0.1, 0.15) is 4.60 Å². The predicted molar refractivity (Wildman–Crippen MR) is 211 cm³/mol. The van der Waals surface area contributed by atoms with Crippen LogP contribution in [-0.2, 0) is 22.2 Å². The molecule has 2 heterocycles. The first-order valence-corrected chi connectivity index (χ1v) is 19.8. The number of benzene rings is 3. The maximum absolute atomic E-state index is 6.48. The number of hydrogen-bond donors (Lipinski definition) is 0. The fourth-order valence-corrected chi connectivity index (χ4v) is 7.04. The summed E-state index contributed by atoms with van der Waals surface area (Å²) in [7, 11) is -0.324. The molecule has 1 fully saturated rings. The molecule has 4 aromatic rings. The third-order valence-corrected chi connectivity index (χ3v) is 11.0. The van der Waals surface area contributed by atoms with E-state index < -0.39 is 0 Å². The molecule has 254 valence electrons. The summed E-state index contributed by atoms with van der Waals surface area (Å²) >= 11 is 6.48. The van der Waals surface area contributed by atoms with E-state index in [1.807, 2.05) is 12.1 Å². The molecule has 0 spiro atoms. The molecule has 0 amide bonds. The van der Waals surface area contributed by atoms with E-state index in [-0.39, 0.29) is 18.3 Å². The SMILES string of the molecule is Brc1ccc(Br)nc1.CCCCCCCCc1c(CCCCCCCC)c2cc(B3OC(C)(C)C(C)(C)O3)ccc2c2ccccc12. The molecule has 0 atom stereocenters. The zero-order valence-electron chi connectivity index (χ0n) is 29.8. The minimum absolute atomic E-state index is 0.324. The first-order chi connectivity index (χ1) is 22.6. The Kier molecular flexibility index (Phi) is 14.8. The summed E-state index contributed by atoms with van der Waals surface area (Å²) in [5.41, 5.74) is 3.64. The second kappa shape index (κ2) is 18.3. The van der Waals surface area contributed by atoms with Gasteiger partial charge in [0.15, 0.2) is 0 Å². The summed E-state index contributed by atoms with van der Waals surface area (Å²) in [6.07, 6.45) is 20.1. The van der Waals surface area contributed by atoms with Crippen LogP contribution in [-0.4, -0.2) is 23.3 Å². The van der Waals surface area contributed by atoms with Crippen LogP contribution >= 0.6 is 31.9 Å². The van der Waals surface area contributed by atoms with Crippen molar-refractivity contribution in [2.24, 2.45) is 0 Å². The van der Waals surface area contributed by atoms with Gasteiger partial charge in [-0.1, -0.05) is 121 Å². The highest BCUT2D eigenvalue weighted by atomic mass is 79.9. The second-order valence-electron chi connectivity index (χ2n) is 14.2. The van der Waals surface area contributed by atoms with Crippen LogP contribution in [0, 0.1) is 0 Å². The van der Waals surface area contributed by atoms with E-state index in [9.17, 15) is 0 Å². The van der Waals surface area contributed by atoms with Gasteiger partial charge in [0.05, 0.1) is 11.2 Å². The Morgan fingerprint density at radius 2 is 1.11 bits per heavy atom. The molecule has 1 saturated heterocycles. The summed E-state index contributed by atoms with van der Waals surface area (Å²) < 4.78 is 14.8. The van der Waals surface area contributed by atoms with Crippen LogP contribution in [0.4, 0.5) is 0 Å². The molecule has 47 heavy (non-hydrogen) atoms. The lowest BCUT2D eigenvalue weighted by atomic mass is 9.76. The van der Waals surface area contributed by atoms with Crippen molar-refractivity contribution in [3.63, 3.8) is 0 Å². The molecule has 0 aliphatic carbocycles. The number of aromatic nitrogens is 1. The van der Waals surface area contributed by atoms with Gasteiger partial charge < -0.3 is 9.31 Å². The van der Waals surface area contributed by atoms with Crippen molar-refractivity contribution in [1.82, 2.24) is 4.98 Å². The molecule has 5 rings (SSSR count). The quantitative estimate of drug-likeness (QED) is 0.0523. The minimum atomic E-state index is -0.333. The smallest absolute Gasteiger partial charge is 0.399 e. The molecular formula is C41H56BBr2NO2. The van der Waals surface area contributed by atoms with Gasteiger partial charge >= 0.3 is 7.12 Å². The third-order valence-electron chi connectivity index (χ3n) is 10.1. The summed E-state index contributed by atoms with van der Waals surface area (Å²) in [6, 6.07) is 19.9. The van der Waals surface area contributed by atoms with E-state index in [1.54, 1.807) is 17.3 Å². The molecule has 0 saturated carbocycles. The zero-order chi connectivity index (χ0) is 33.9. The summed E-state index contributed by atoms with van der Waals surface area (Å²) in [5.74, 6) is 0. The van der Waals surface area contributed by atoms with Crippen molar-refractivity contribution in [3.05, 3.63) is 81.0 Å². The lowest BCUT2D eigenvalue weighted by Crippen LogP contribution is -2.41. The van der Waals surface area contributed by atoms with Gasteiger partial charge in [-0.25, -0.2) is 4.98 Å². The van der Waals surface area contributed by atoms with E-state index >= 15 is 0 Å². The Morgan fingerprint density at radius 1 is 0.596 bits per heavy atom. The monoisotopic (exact) mass is 763 g/mol. The van der Waals surface area contributed by atoms with Crippen molar-refractivity contribution < 1.29 is 9.31 Å². The summed E-state index contributed by atoms with van der Waals surface area (Å²) in [5, 5.41) is 5.64. The molecule has 1 aromatic heterocycles. The van der Waals surface area contributed by atoms with Crippen LogP contribution in [0.25, 0.3) is 21.5 Å². The highest BCUT2D eigenvalue weighted by molar-refractivity contribution is 9.11. The molecular weight excluding hydrogens is 709 g/mol. The van der Waals surface area contributed by atoms with Crippen LogP contribution in [0.3, 0.4) is 0 Å². The predicted octanol–water partition coefficient (Wildman–Crippen LogP) is 12.7. The van der Waals surface area contributed by atoms with Gasteiger partial charge in [-0.15, -0.1) is 0 Å². The largest absolute Gasteiger partial charge is 0.494 e. The Balaban J connectivity index is 0.000000546. The third kappa shape index (κ3) is 10.4. The van der Waals surface area contributed by atoms with Gasteiger partial charge in [0.25, 0.3) is 0 Å².